The first-order chi connectivity index (χ1) is 12.1. The summed E-state index contributed by atoms with van der Waals surface area (Å²) in [6, 6.07) is 9.95. The second-order valence-electron chi connectivity index (χ2n) is 6.20. The van der Waals surface area contributed by atoms with Gasteiger partial charge in [-0.15, -0.1) is 11.3 Å². The Labute approximate surface area is 151 Å². The van der Waals surface area contributed by atoms with Crippen LogP contribution in [-0.4, -0.2) is 43.3 Å². The molecule has 1 fully saturated rings. The van der Waals surface area contributed by atoms with Crippen molar-refractivity contribution in [3.05, 3.63) is 46.2 Å². The zero-order chi connectivity index (χ0) is 17.8. The lowest BCUT2D eigenvalue weighted by atomic mass is 9.94. The van der Waals surface area contributed by atoms with Gasteiger partial charge in [-0.05, 0) is 43.0 Å². The Balaban J connectivity index is 2.00. The minimum atomic E-state index is -0.712. The summed E-state index contributed by atoms with van der Waals surface area (Å²) in [7, 11) is 3.29. The Bertz CT molecular complexity index is 716. The van der Waals surface area contributed by atoms with E-state index in [4.69, 9.17) is 9.47 Å². The summed E-state index contributed by atoms with van der Waals surface area (Å²) >= 11 is 1.68. The molecule has 1 aliphatic heterocycles. The van der Waals surface area contributed by atoms with Gasteiger partial charge >= 0.3 is 5.97 Å². The van der Waals surface area contributed by atoms with Crippen molar-refractivity contribution in [2.45, 2.75) is 18.9 Å². The van der Waals surface area contributed by atoms with Gasteiger partial charge in [0, 0.05) is 23.1 Å². The van der Waals surface area contributed by atoms with E-state index in [9.17, 15) is 9.90 Å². The molecule has 0 spiro atoms. The minimum Gasteiger partial charge on any atom is -0.497 e. The molecule has 2 unspecified atom stereocenters. The van der Waals surface area contributed by atoms with Gasteiger partial charge in [0.15, 0.2) is 0 Å². The molecule has 5 nitrogen and oxygen atoms in total. The van der Waals surface area contributed by atoms with Gasteiger partial charge in [-0.2, -0.15) is 0 Å². The molecule has 1 aromatic carbocycles. The van der Waals surface area contributed by atoms with E-state index in [0.717, 1.165) is 36.4 Å². The van der Waals surface area contributed by atoms with Crippen LogP contribution in [0.1, 0.15) is 29.3 Å². The lowest BCUT2D eigenvalue weighted by Crippen LogP contribution is -2.41. The molecule has 0 saturated carbocycles. The van der Waals surface area contributed by atoms with Gasteiger partial charge in [0.2, 0.25) is 0 Å². The molecule has 25 heavy (non-hydrogen) atoms. The molecule has 2 atom stereocenters. The number of methoxy groups -OCH3 is 2. The average molecular weight is 361 g/mol. The van der Waals surface area contributed by atoms with Gasteiger partial charge in [0.1, 0.15) is 11.5 Å². The molecule has 134 valence electrons. The van der Waals surface area contributed by atoms with Gasteiger partial charge in [0.25, 0.3) is 0 Å². The quantitative estimate of drug-likeness (QED) is 0.851. The smallest absolute Gasteiger partial charge is 0.307 e. The number of nitrogens with zero attached hydrogens (tertiary/aromatic N) is 1. The normalized spacial score (nSPS) is 19.4. The van der Waals surface area contributed by atoms with Crippen LogP contribution in [0.25, 0.3) is 0 Å². The van der Waals surface area contributed by atoms with E-state index in [1.165, 1.54) is 4.88 Å². The van der Waals surface area contributed by atoms with E-state index in [-0.39, 0.29) is 12.0 Å². The molecule has 6 heteroatoms. The van der Waals surface area contributed by atoms with Crippen LogP contribution in [0.4, 0.5) is 0 Å². The van der Waals surface area contributed by atoms with Crippen LogP contribution >= 0.6 is 11.3 Å². The van der Waals surface area contributed by atoms with Crippen molar-refractivity contribution >= 4 is 17.3 Å². The Morgan fingerprint density at radius 3 is 2.80 bits per heavy atom. The third kappa shape index (κ3) is 3.80. The SMILES string of the molecule is COc1ccc(C(c2cccs2)N2CCCC(C(=O)O)C2)c(OC)c1. The number of hydrogen-bond donors (Lipinski definition) is 1. The van der Waals surface area contributed by atoms with E-state index in [0.29, 0.717) is 6.54 Å². The van der Waals surface area contributed by atoms with Gasteiger partial charge < -0.3 is 14.6 Å². The molecular weight excluding hydrogens is 338 g/mol. The van der Waals surface area contributed by atoms with Crippen LogP contribution in [0.5, 0.6) is 11.5 Å². The number of ether oxygens (including phenoxy) is 2. The van der Waals surface area contributed by atoms with Crippen LogP contribution in [0.3, 0.4) is 0 Å². The largest absolute Gasteiger partial charge is 0.497 e. The lowest BCUT2D eigenvalue weighted by Gasteiger charge is -2.37. The average Bonchev–Trinajstić information content (AvgIpc) is 3.16. The second-order valence-corrected chi connectivity index (χ2v) is 7.18. The number of piperidine rings is 1. The van der Waals surface area contributed by atoms with E-state index in [1.807, 2.05) is 24.3 Å². The third-order valence-electron chi connectivity index (χ3n) is 4.72. The highest BCUT2D eigenvalue weighted by Gasteiger charge is 2.33. The molecule has 0 bridgehead atoms. The fourth-order valence-electron chi connectivity index (χ4n) is 3.46. The van der Waals surface area contributed by atoms with Gasteiger partial charge in [0.05, 0.1) is 26.2 Å². The standard InChI is InChI=1S/C19H23NO4S/c1-23-14-7-8-15(16(11-14)24-2)18(17-6-4-10-25-17)20-9-3-5-13(12-20)19(21)22/h4,6-8,10-11,13,18H,3,5,9,12H2,1-2H3,(H,21,22). The van der Waals surface area contributed by atoms with Crippen LogP contribution in [-0.2, 0) is 4.79 Å². The number of aliphatic carboxylic acids is 1. The summed E-state index contributed by atoms with van der Waals surface area (Å²) in [4.78, 5) is 14.9. The Morgan fingerprint density at radius 1 is 1.32 bits per heavy atom. The van der Waals surface area contributed by atoms with E-state index < -0.39 is 5.97 Å². The van der Waals surface area contributed by atoms with Gasteiger partial charge in [-0.25, -0.2) is 0 Å². The summed E-state index contributed by atoms with van der Waals surface area (Å²) in [6.07, 6.45) is 1.63. The predicted molar refractivity (Wildman–Crippen MR) is 97.6 cm³/mol. The molecule has 2 heterocycles. The number of benzene rings is 1. The maximum atomic E-state index is 11.5. The molecule has 0 aliphatic carbocycles. The van der Waals surface area contributed by atoms with Crippen molar-refractivity contribution in [2.75, 3.05) is 27.3 Å². The highest BCUT2D eigenvalue weighted by molar-refractivity contribution is 7.10. The molecule has 1 aliphatic rings. The monoisotopic (exact) mass is 361 g/mol. The van der Waals surface area contributed by atoms with Gasteiger partial charge in [-0.1, -0.05) is 6.07 Å². The molecule has 0 amide bonds. The van der Waals surface area contributed by atoms with E-state index >= 15 is 0 Å². The predicted octanol–water partition coefficient (Wildman–Crippen LogP) is 3.65. The summed E-state index contributed by atoms with van der Waals surface area (Å²) < 4.78 is 10.9. The Morgan fingerprint density at radius 2 is 2.16 bits per heavy atom. The number of thiophene rings is 1. The fourth-order valence-corrected chi connectivity index (χ4v) is 4.34. The highest BCUT2D eigenvalue weighted by Crippen LogP contribution is 2.40. The first kappa shape index (κ1) is 17.8. The van der Waals surface area contributed by atoms with Crippen molar-refractivity contribution in [1.82, 2.24) is 4.90 Å². The fraction of sp³-hybridized carbons (Fsp3) is 0.421. The summed E-state index contributed by atoms with van der Waals surface area (Å²) in [5.74, 6) is 0.472. The number of hydrogen-bond acceptors (Lipinski definition) is 5. The Hall–Kier alpha value is -2.05. The van der Waals surface area contributed by atoms with Gasteiger partial charge in [-0.3, -0.25) is 9.69 Å². The number of carboxylic acid groups (broad SMARTS) is 1. The van der Waals surface area contributed by atoms with Crippen molar-refractivity contribution in [1.29, 1.82) is 0 Å². The van der Waals surface area contributed by atoms with Crippen molar-refractivity contribution in [3.8, 4) is 11.5 Å². The first-order valence-electron chi connectivity index (χ1n) is 8.36. The molecule has 1 aromatic heterocycles. The van der Waals surface area contributed by atoms with Crippen molar-refractivity contribution in [2.24, 2.45) is 5.92 Å². The van der Waals surface area contributed by atoms with Crippen molar-refractivity contribution < 1.29 is 19.4 Å². The molecule has 1 N–H and O–H groups in total. The number of likely N-dealkylation sites (tertiary alicyclic amines) is 1. The second kappa shape index (κ2) is 7.89. The summed E-state index contributed by atoms with van der Waals surface area (Å²) in [5.41, 5.74) is 1.04. The summed E-state index contributed by atoms with van der Waals surface area (Å²) in [5, 5.41) is 11.5. The zero-order valence-electron chi connectivity index (χ0n) is 14.5. The summed E-state index contributed by atoms with van der Waals surface area (Å²) in [6.45, 7) is 1.43. The van der Waals surface area contributed by atoms with Crippen LogP contribution in [0.2, 0.25) is 0 Å². The highest BCUT2D eigenvalue weighted by atomic mass is 32.1. The van der Waals surface area contributed by atoms with Crippen LogP contribution in [0, 0.1) is 5.92 Å². The maximum absolute atomic E-state index is 11.5. The zero-order valence-corrected chi connectivity index (χ0v) is 15.3. The maximum Gasteiger partial charge on any atom is 0.307 e. The minimum absolute atomic E-state index is 0.0111. The lowest BCUT2D eigenvalue weighted by molar-refractivity contribution is -0.143. The first-order valence-corrected chi connectivity index (χ1v) is 9.24. The van der Waals surface area contributed by atoms with E-state index in [2.05, 4.69) is 16.3 Å². The van der Waals surface area contributed by atoms with Crippen LogP contribution in [0.15, 0.2) is 35.7 Å². The van der Waals surface area contributed by atoms with E-state index in [1.54, 1.807) is 25.6 Å². The molecular formula is C19H23NO4S. The molecule has 1 saturated heterocycles. The molecule has 2 aromatic rings. The van der Waals surface area contributed by atoms with Crippen molar-refractivity contribution in [3.63, 3.8) is 0 Å². The third-order valence-corrected chi connectivity index (χ3v) is 5.64. The topological polar surface area (TPSA) is 59.0 Å². The molecule has 0 radical (unpaired) electrons. The Kier molecular flexibility index (Phi) is 5.60. The molecule has 3 rings (SSSR count). The number of rotatable bonds is 6. The number of carbonyl (C=O) groups is 1. The number of carboxylic acids is 1. The van der Waals surface area contributed by atoms with Crippen LogP contribution < -0.4 is 9.47 Å².